The van der Waals surface area contributed by atoms with Gasteiger partial charge in [-0.2, -0.15) is 5.26 Å². The molecule has 0 aliphatic rings. The SMILES string of the molecule is N#Cc1ccc(NCCN(CCO)Cc2ccccc2)c(Cl)c1. The summed E-state index contributed by atoms with van der Waals surface area (Å²) in [6.45, 7) is 3.04. The van der Waals surface area contributed by atoms with Crippen molar-refractivity contribution >= 4 is 17.3 Å². The summed E-state index contributed by atoms with van der Waals surface area (Å²) in [5.41, 5.74) is 2.58. The van der Waals surface area contributed by atoms with Gasteiger partial charge < -0.3 is 10.4 Å². The number of aliphatic hydroxyl groups excluding tert-OH is 1. The molecule has 0 aliphatic carbocycles. The third kappa shape index (κ3) is 5.57. The Morgan fingerprint density at radius 1 is 1.13 bits per heavy atom. The third-order valence-corrected chi connectivity index (χ3v) is 3.82. The van der Waals surface area contributed by atoms with Gasteiger partial charge in [0.25, 0.3) is 0 Å². The number of benzene rings is 2. The van der Waals surface area contributed by atoms with Crippen LogP contribution in [-0.2, 0) is 6.54 Å². The van der Waals surface area contributed by atoms with Crippen molar-refractivity contribution < 1.29 is 5.11 Å². The first-order valence-electron chi connectivity index (χ1n) is 7.53. The van der Waals surface area contributed by atoms with E-state index in [4.69, 9.17) is 16.9 Å². The number of anilines is 1. The highest BCUT2D eigenvalue weighted by atomic mass is 35.5. The summed E-state index contributed by atoms with van der Waals surface area (Å²) >= 11 is 6.15. The summed E-state index contributed by atoms with van der Waals surface area (Å²) in [4.78, 5) is 2.18. The van der Waals surface area contributed by atoms with Crippen LogP contribution in [-0.4, -0.2) is 36.2 Å². The quantitative estimate of drug-likeness (QED) is 0.781. The van der Waals surface area contributed by atoms with E-state index >= 15 is 0 Å². The zero-order chi connectivity index (χ0) is 16.5. The molecule has 120 valence electrons. The fourth-order valence-corrected chi connectivity index (χ4v) is 2.58. The lowest BCUT2D eigenvalue weighted by molar-refractivity contribution is 0.195. The molecule has 0 saturated heterocycles. The first-order valence-corrected chi connectivity index (χ1v) is 7.91. The van der Waals surface area contributed by atoms with E-state index in [2.05, 4.69) is 28.4 Å². The Balaban J connectivity index is 1.88. The lowest BCUT2D eigenvalue weighted by atomic mass is 10.2. The topological polar surface area (TPSA) is 59.3 Å². The highest BCUT2D eigenvalue weighted by Gasteiger charge is 2.06. The van der Waals surface area contributed by atoms with E-state index in [9.17, 15) is 5.11 Å². The van der Waals surface area contributed by atoms with Crippen LogP contribution in [0, 0.1) is 11.3 Å². The molecule has 0 aromatic heterocycles. The largest absolute Gasteiger partial charge is 0.395 e. The molecule has 0 spiro atoms. The van der Waals surface area contributed by atoms with Crippen LogP contribution in [0.3, 0.4) is 0 Å². The Kier molecular flexibility index (Phi) is 6.89. The van der Waals surface area contributed by atoms with Crippen LogP contribution in [0.5, 0.6) is 0 Å². The number of aliphatic hydroxyl groups is 1. The van der Waals surface area contributed by atoms with Crippen LogP contribution < -0.4 is 5.32 Å². The van der Waals surface area contributed by atoms with E-state index in [1.54, 1.807) is 12.1 Å². The van der Waals surface area contributed by atoms with Gasteiger partial charge in [-0.05, 0) is 23.8 Å². The predicted molar refractivity (Wildman–Crippen MR) is 93.5 cm³/mol. The molecule has 5 heteroatoms. The monoisotopic (exact) mass is 329 g/mol. The molecule has 2 rings (SSSR count). The molecule has 23 heavy (non-hydrogen) atoms. The Morgan fingerprint density at radius 3 is 2.57 bits per heavy atom. The van der Waals surface area contributed by atoms with Gasteiger partial charge in [-0.25, -0.2) is 0 Å². The van der Waals surface area contributed by atoms with E-state index in [1.807, 2.05) is 24.3 Å². The molecule has 0 unspecified atom stereocenters. The molecule has 0 atom stereocenters. The molecule has 4 nitrogen and oxygen atoms in total. The highest BCUT2D eigenvalue weighted by Crippen LogP contribution is 2.22. The van der Waals surface area contributed by atoms with Crippen molar-refractivity contribution in [1.29, 1.82) is 5.26 Å². The molecule has 0 heterocycles. The van der Waals surface area contributed by atoms with Gasteiger partial charge in [-0.15, -0.1) is 0 Å². The van der Waals surface area contributed by atoms with E-state index in [-0.39, 0.29) is 6.61 Å². The average Bonchev–Trinajstić information content (AvgIpc) is 2.57. The molecule has 0 radical (unpaired) electrons. The van der Waals surface area contributed by atoms with Crippen LogP contribution in [0.25, 0.3) is 0 Å². The van der Waals surface area contributed by atoms with Gasteiger partial charge in [-0.3, -0.25) is 4.90 Å². The summed E-state index contributed by atoms with van der Waals surface area (Å²) in [7, 11) is 0. The Labute approximate surface area is 141 Å². The maximum atomic E-state index is 9.22. The number of nitriles is 1. The van der Waals surface area contributed by atoms with Crippen LogP contribution in [0.2, 0.25) is 5.02 Å². The molecule has 2 aromatic carbocycles. The standard InChI is InChI=1S/C18H20ClN3O/c19-17-12-16(13-20)6-7-18(17)21-8-9-22(10-11-23)14-15-4-2-1-3-5-15/h1-7,12,21,23H,8-11,14H2. The molecule has 2 N–H and O–H groups in total. The predicted octanol–water partition coefficient (Wildman–Crippen LogP) is 3.12. The maximum absolute atomic E-state index is 9.22. The number of nitrogens with zero attached hydrogens (tertiary/aromatic N) is 2. The second kappa shape index (κ2) is 9.16. The van der Waals surface area contributed by atoms with Crippen molar-refractivity contribution in [2.45, 2.75) is 6.54 Å². The van der Waals surface area contributed by atoms with Crippen molar-refractivity contribution in [1.82, 2.24) is 4.90 Å². The highest BCUT2D eigenvalue weighted by molar-refractivity contribution is 6.33. The minimum atomic E-state index is 0.129. The molecule has 0 fully saturated rings. The van der Waals surface area contributed by atoms with Crippen LogP contribution >= 0.6 is 11.6 Å². The fraction of sp³-hybridized carbons (Fsp3) is 0.278. The number of halogens is 1. The first-order chi connectivity index (χ1) is 11.2. The van der Waals surface area contributed by atoms with Crippen molar-refractivity contribution in [3.63, 3.8) is 0 Å². The molecule has 0 aliphatic heterocycles. The minimum absolute atomic E-state index is 0.129. The third-order valence-electron chi connectivity index (χ3n) is 3.51. The second-order valence-electron chi connectivity index (χ2n) is 5.22. The van der Waals surface area contributed by atoms with Crippen molar-refractivity contribution in [3.8, 4) is 6.07 Å². The van der Waals surface area contributed by atoms with Crippen molar-refractivity contribution in [2.75, 3.05) is 31.6 Å². The average molecular weight is 330 g/mol. The molecular weight excluding hydrogens is 310 g/mol. The lowest BCUT2D eigenvalue weighted by Crippen LogP contribution is -2.31. The van der Waals surface area contributed by atoms with Gasteiger partial charge in [0.2, 0.25) is 0 Å². The van der Waals surface area contributed by atoms with Crippen LogP contribution in [0.4, 0.5) is 5.69 Å². The van der Waals surface area contributed by atoms with Crippen LogP contribution in [0.15, 0.2) is 48.5 Å². The van der Waals surface area contributed by atoms with Gasteiger partial charge in [0, 0.05) is 26.2 Å². The number of hydrogen-bond donors (Lipinski definition) is 2. The smallest absolute Gasteiger partial charge is 0.0992 e. The summed E-state index contributed by atoms with van der Waals surface area (Å²) in [5.74, 6) is 0. The molecule has 2 aromatic rings. The van der Waals surface area contributed by atoms with Gasteiger partial charge in [0.1, 0.15) is 0 Å². The maximum Gasteiger partial charge on any atom is 0.0992 e. The molecule has 0 saturated carbocycles. The lowest BCUT2D eigenvalue weighted by Gasteiger charge is -2.22. The molecule has 0 amide bonds. The van der Waals surface area contributed by atoms with Gasteiger partial charge in [0.05, 0.1) is 28.9 Å². The minimum Gasteiger partial charge on any atom is -0.395 e. The first kappa shape index (κ1) is 17.3. The summed E-state index contributed by atoms with van der Waals surface area (Å²) in [5, 5.41) is 21.9. The zero-order valence-corrected chi connectivity index (χ0v) is 13.6. The number of rotatable bonds is 8. The second-order valence-corrected chi connectivity index (χ2v) is 5.63. The van der Waals surface area contributed by atoms with Gasteiger partial charge in [0.15, 0.2) is 0 Å². The summed E-state index contributed by atoms with van der Waals surface area (Å²) in [6, 6.07) is 17.5. The van der Waals surface area contributed by atoms with Gasteiger partial charge >= 0.3 is 0 Å². The van der Waals surface area contributed by atoms with E-state index in [0.717, 1.165) is 18.8 Å². The molecule has 0 bridgehead atoms. The Morgan fingerprint density at radius 2 is 1.91 bits per heavy atom. The van der Waals surface area contributed by atoms with E-state index < -0.39 is 0 Å². The van der Waals surface area contributed by atoms with Gasteiger partial charge in [-0.1, -0.05) is 41.9 Å². The molecular formula is C18H20ClN3O. The van der Waals surface area contributed by atoms with E-state index in [1.165, 1.54) is 5.56 Å². The fourth-order valence-electron chi connectivity index (χ4n) is 2.33. The normalized spacial score (nSPS) is 10.5. The summed E-state index contributed by atoms with van der Waals surface area (Å²) < 4.78 is 0. The van der Waals surface area contributed by atoms with E-state index in [0.29, 0.717) is 23.7 Å². The van der Waals surface area contributed by atoms with Crippen molar-refractivity contribution in [2.24, 2.45) is 0 Å². The van der Waals surface area contributed by atoms with Crippen LogP contribution in [0.1, 0.15) is 11.1 Å². The zero-order valence-electron chi connectivity index (χ0n) is 12.9. The number of nitrogens with one attached hydrogen (secondary N) is 1. The Bertz CT molecular complexity index is 655. The Hall–Kier alpha value is -2.06. The summed E-state index contributed by atoms with van der Waals surface area (Å²) in [6.07, 6.45) is 0. The number of hydrogen-bond acceptors (Lipinski definition) is 4. The van der Waals surface area contributed by atoms with Crippen molar-refractivity contribution in [3.05, 3.63) is 64.7 Å².